The van der Waals surface area contributed by atoms with E-state index in [0.717, 1.165) is 11.3 Å². The Balaban J connectivity index is 2.37. The number of thiophene rings is 2. The van der Waals surface area contributed by atoms with Crippen LogP contribution in [0.3, 0.4) is 0 Å². The molecule has 0 aliphatic carbocycles. The number of aryl methyl sites for hydroxylation is 1. The number of hydrogen-bond acceptors (Lipinski definition) is 5. The van der Waals surface area contributed by atoms with Crippen molar-refractivity contribution in [1.82, 2.24) is 0 Å². The minimum absolute atomic E-state index is 0.333. The highest BCUT2D eigenvalue weighted by Gasteiger charge is 2.17. The van der Waals surface area contributed by atoms with Crippen LogP contribution in [0.2, 0.25) is 0 Å². The molecule has 0 aliphatic heterocycles. The summed E-state index contributed by atoms with van der Waals surface area (Å²) in [7, 11) is 0. The van der Waals surface area contributed by atoms with Crippen LogP contribution < -0.4 is 5.73 Å². The first-order valence-corrected chi connectivity index (χ1v) is 7.50. The van der Waals surface area contributed by atoms with Gasteiger partial charge in [0, 0.05) is 9.75 Å². The second-order valence-corrected chi connectivity index (χ2v) is 5.71. The number of nitrogen functional groups attached to an aromatic ring is 1. The SMILES string of the molecule is CCOC(=O)c1sc(-c2sccc2CC)cc1N. The Bertz CT molecular complexity index is 557. The van der Waals surface area contributed by atoms with Crippen molar-refractivity contribution in [3.05, 3.63) is 28.0 Å². The lowest BCUT2D eigenvalue weighted by Gasteiger charge is -1.99. The van der Waals surface area contributed by atoms with Gasteiger partial charge in [-0.3, -0.25) is 0 Å². The fourth-order valence-electron chi connectivity index (χ4n) is 1.70. The van der Waals surface area contributed by atoms with E-state index in [4.69, 9.17) is 10.5 Å². The van der Waals surface area contributed by atoms with Crippen LogP contribution in [0.1, 0.15) is 29.1 Å². The van der Waals surface area contributed by atoms with Crippen molar-refractivity contribution in [3.8, 4) is 9.75 Å². The van der Waals surface area contributed by atoms with Crippen LogP contribution in [0.25, 0.3) is 9.75 Å². The molecule has 0 radical (unpaired) electrons. The minimum Gasteiger partial charge on any atom is -0.462 e. The van der Waals surface area contributed by atoms with E-state index in [-0.39, 0.29) is 5.97 Å². The van der Waals surface area contributed by atoms with E-state index in [1.165, 1.54) is 21.8 Å². The summed E-state index contributed by atoms with van der Waals surface area (Å²) in [5, 5.41) is 2.06. The molecule has 0 aromatic carbocycles. The number of anilines is 1. The Hall–Kier alpha value is -1.33. The van der Waals surface area contributed by atoms with Crippen molar-refractivity contribution in [2.75, 3.05) is 12.3 Å². The molecular formula is C13H15NO2S2. The van der Waals surface area contributed by atoms with E-state index >= 15 is 0 Å². The fourth-order valence-corrected chi connectivity index (χ4v) is 3.83. The van der Waals surface area contributed by atoms with Crippen LogP contribution in [0.15, 0.2) is 17.5 Å². The smallest absolute Gasteiger partial charge is 0.350 e. The highest BCUT2D eigenvalue weighted by atomic mass is 32.1. The third-order valence-electron chi connectivity index (χ3n) is 2.57. The van der Waals surface area contributed by atoms with Crippen LogP contribution in [-0.4, -0.2) is 12.6 Å². The molecule has 2 aromatic heterocycles. The summed E-state index contributed by atoms with van der Waals surface area (Å²) in [6.45, 7) is 4.27. The van der Waals surface area contributed by atoms with Gasteiger partial charge in [0.15, 0.2) is 0 Å². The van der Waals surface area contributed by atoms with Crippen molar-refractivity contribution in [2.24, 2.45) is 0 Å². The first kappa shape index (κ1) is 13.1. The molecule has 0 saturated heterocycles. The van der Waals surface area contributed by atoms with E-state index in [2.05, 4.69) is 18.4 Å². The summed E-state index contributed by atoms with van der Waals surface area (Å²) in [5.74, 6) is -0.333. The lowest BCUT2D eigenvalue weighted by atomic mass is 10.2. The third kappa shape index (κ3) is 2.42. The molecule has 0 unspecified atom stereocenters. The number of hydrogen-bond donors (Lipinski definition) is 1. The molecule has 0 atom stereocenters. The molecule has 2 heterocycles. The van der Waals surface area contributed by atoms with E-state index < -0.39 is 0 Å². The maximum Gasteiger partial charge on any atom is 0.350 e. The van der Waals surface area contributed by atoms with Gasteiger partial charge >= 0.3 is 5.97 Å². The minimum atomic E-state index is -0.333. The quantitative estimate of drug-likeness (QED) is 0.867. The fraction of sp³-hybridized carbons (Fsp3) is 0.308. The average Bonchev–Trinajstić information content (AvgIpc) is 2.94. The summed E-state index contributed by atoms with van der Waals surface area (Å²) in [6, 6.07) is 3.97. The van der Waals surface area contributed by atoms with Gasteiger partial charge in [-0.05, 0) is 36.4 Å². The number of rotatable bonds is 4. The number of ether oxygens (including phenoxy) is 1. The van der Waals surface area contributed by atoms with Gasteiger partial charge in [0.1, 0.15) is 4.88 Å². The molecule has 2 rings (SSSR count). The van der Waals surface area contributed by atoms with Crippen molar-refractivity contribution in [2.45, 2.75) is 20.3 Å². The Kier molecular flexibility index (Phi) is 4.04. The number of carbonyl (C=O) groups excluding carboxylic acids is 1. The molecule has 96 valence electrons. The highest BCUT2D eigenvalue weighted by Crippen LogP contribution is 2.38. The first-order chi connectivity index (χ1) is 8.67. The highest BCUT2D eigenvalue weighted by molar-refractivity contribution is 7.22. The largest absolute Gasteiger partial charge is 0.462 e. The summed E-state index contributed by atoms with van der Waals surface area (Å²) >= 11 is 3.08. The van der Waals surface area contributed by atoms with Gasteiger partial charge in [-0.15, -0.1) is 22.7 Å². The molecule has 2 aromatic rings. The summed E-state index contributed by atoms with van der Waals surface area (Å²) in [5.41, 5.74) is 7.68. The molecular weight excluding hydrogens is 266 g/mol. The first-order valence-electron chi connectivity index (χ1n) is 5.80. The van der Waals surface area contributed by atoms with Crippen molar-refractivity contribution in [1.29, 1.82) is 0 Å². The Morgan fingerprint density at radius 3 is 2.89 bits per heavy atom. The number of carbonyl (C=O) groups is 1. The van der Waals surface area contributed by atoms with Crippen LogP contribution in [0, 0.1) is 0 Å². The zero-order valence-corrected chi connectivity index (χ0v) is 12.0. The molecule has 18 heavy (non-hydrogen) atoms. The molecule has 0 spiro atoms. The zero-order valence-electron chi connectivity index (χ0n) is 10.4. The van der Waals surface area contributed by atoms with E-state index in [9.17, 15) is 4.79 Å². The average molecular weight is 281 g/mol. The van der Waals surface area contributed by atoms with E-state index in [1.807, 2.05) is 6.07 Å². The molecule has 3 nitrogen and oxygen atoms in total. The van der Waals surface area contributed by atoms with Crippen molar-refractivity contribution >= 4 is 34.3 Å². The monoisotopic (exact) mass is 281 g/mol. The molecule has 0 aliphatic rings. The number of nitrogens with two attached hydrogens (primary N) is 1. The lowest BCUT2D eigenvalue weighted by molar-refractivity contribution is 0.0533. The van der Waals surface area contributed by atoms with E-state index in [1.54, 1.807) is 18.3 Å². The molecule has 0 bridgehead atoms. The van der Waals surface area contributed by atoms with Crippen LogP contribution in [-0.2, 0) is 11.2 Å². The standard InChI is InChI=1S/C13H15NO2S2/c1-3-8-5-6-17-11(8)10-7-9(14)12(18-10)13(15)16-4-2/h5-7H,3-4,14H2,1-2H3. The van der Waals surface area contributed by atoms with Crippen molar-refractivity contribution in [3.63, 3.8) is 0 Å². The van der Waals surface area contributed by atoms with Gasteiger partial charge in [-0.1, -0.05) is 6.92 Å². The Morgan fingerprint density at radius 1 is 1.44 bits per heavy atom. The lowest BCUT2D eigenvalue weighted by Crippen LogP contribution is -2.04. The molecule has 0 saturated carbocycles. The maximum atomic E-state index is 11.7. The Morgan fingerprint density at radius 2 is 2.22 bits per heavy atom. The summed E-state index contributed by atoms with van der Waals surface area (Å²) in [6.07, 6.45) is 0.978. The zero-order chi connectivity index (χ0) is 13.1. The topological polar surface area (TPSA) is 52.3 Å². The predicted molar refractivity (Wildman–Crippen MR) is 77.4 cm³/mol. The predicted octanol–water partition coefficient (Wildman–Crippen LogP) is 3.80. The van der Waals surface area contributed by atoms with Gasteiger partial charge in [0.25, 0.3) is 0 Å². The second kappa shape index (κ2) is 5.54. The second-order valence-electron chi connectivity index (χ2n) is 3.74. The summed E-state index contributed by atoms with van der Waals surface area (Å²) in [4.78, 5) is 14.5. The molecule has 0 fully saturated rings. The van der Waals surface area contributed by atoms with E-state index in [0.29, 0.717) is 17.2 Å². The van der Waals surface area contributed by atoms with Gasteiger partial charge < -0.3 is 10.5 Å². The van der Waals surface area contributed by atoms with Gasteiger partial charge in [0.2, 0.25) is 0 Å². The van der Waals surface area contributed by atoms with Gasteiger partial charge in [-0.25, -0.2) is 4.79 Å². The van der Waals surface area contributed by atoms with Gasteiger partial charge in [-0.2, -0.15) is 0 Å². The van der Waals surface area contributed by atoms with Crippen LogP contribution >= 0.6 is 22.7 Å². The third-order valence-corrected chi connectivity index (χ3v) is 4.84. The molecule has 2 N–H and O–H groups in total. The molecule has 0 amide bonds. The van der Waals surface area contributed by atoms with Crippen LogP contribution in [0.5, 0.6) is 0 Å². The normalized spacial score (nSPS) is 10.6. The van der Waals surface area contributed by atoms with Crippen molar-refractivity contribution < 1.29 is 9.53 Å². The number of esters is 1. The van der Waals surface area contributed by atoms with Gasteiger partial charge in [0.05, 0.1) is 12.3 Å². The summed E-state index contributed by atoms with van der Waals surface area (Å²) < 4.78 is 4.99. The Labute approximate surface area is 114 Å². The molecule has 5 heteroatoms. The maximum absolute atomic E-state index is 11.7. The van der Waals surface area contributed by atoms with Crippen LogP contribution in [0.4, 0.5) is 5.69 Å².